The number of carbonyl (C=O) groups is 1. The molecule has 1 N–H and O–H groups in total. The van der Waals surface area contributed by atoms with E-state index in [1.807, 2.05) is 18.2 Å². The molecule has 1 aromatic rings. The Morgan fingerprint density at radius 3 is 2.58 bits per heavy atom. The van der Waals surface area contributed by atoms with Crippen LogP contribution in [0.3, 0.4) is 0 Å². The lowest BCUT2D eigenvalue weighted by atomic mass is 9.84. The maximum absolute atomic E-state index is 10.7. The third-order valence-electron chi connectivity index (χ3n) is 3.79. The quantitative estimate of drug-likeness (QED) is 0.824. The molecule has 19 heavy (non-hydrogen) atoms. The predicted octanol–water partition coefficient (Wildman–Crippen LogP) is 4.62. The fourth-order valence-electron chi connectivity index (χ4n) is 2.74. The van der Waals surface area contributed by atoms with Gasteiger partial charge in [-0.3, -0.25) is 4.79 Å². The fraction of sp³-hybridized carbons (Fsp3) is 0.533. The number of benzene rings is 1. The molecule has 2 rings (SSSR count). The number of halogens is 2. The minimum Gasteiger partial charge on any atom is -0.480 e. The van der Waals surface area contributed by atoms with Gasteiger partial charge in [0.2, 0.25) is 0 Å². The van der Waals surface area contributed by atoms with Crippen molar-refractivity contribution in [3.05, 3.63) is 34.3 Å². The summed E-state index contributed by atoms with van der Waals surface area (Å²) >= 11 is 12.1. The van der Waals surface area contributed by atoms with Crippen LogP contribution in [0.25, 0.3) is 0 Å². The molecule has 1 unspecified atom stereocenters. The summed E-state index contributed by atoms with van der Waals surface area (Å²) in [5.74, 6) is -0.435. The molecule has 1 aromatic carbocycles. The van der Waals surface area contributed by atoms with Crippen LogP contribution in [0.2, 0.25) is 5.02 Å². The van der Waals surface area contributed by atoms with Gasteiger partial charge in [0.1, 0.15) is 5.38 Å². The van der Waals surface area contributed by atoms with Crippen LogP contribution in [-0.4, -0.2) is 16.5 Å². The number of aliphatic carboxylic acids is 1. The highest BCUT2D eigenvalue weighted by atomic mass is 35.5. The smallest absolute Gasteiger partial charge is 0.321 e. The normalized spacial score (nSPS) is 18.2. The van der Waals surface area contributed by atoms with Crippen molar-refractivity contribution in [3.8, 4) is 0 Å². The van der Waals surface area contributed by atoms with E-state index in [0.29, 0.717) is 12.3 Å². The van der Waals surface area contributed by atoms with Crippen molar-refractivity contribution in [2.45, 2.75) is 49.8 Å². The van der Waals surface area contributed by atoms with Crippen LogP contribution in [0.1, 0.15) is 49.1 Å². The standard InChI is InChI=1S/C15H18Cl2O2/c16-13-8-10(9-14(17)15(18)19)6-7-12(13)11-4-2-1-3-5-11/h6-8,11,14H,1-5,9H2,(H,18,19). The van der Waals surface area contributed by atoms with Gasteiger partial charge < -0.3 is 5.11 Å². The van der Waals surface area contributed by atoms with Crippen molar-refractivity contribution >= 4 is 29.2 Å². The van der Waals surface area contributed by atoms with Gasteiger partial charge in [0.25, 0.3) is 0 Å². The monoisotopic (exact) mass is 300 g/mol. The van der Waals surface area contributed by atoms with E-state index in [0.717, 1.165) is 10.6 Å². The average Bonchev–Trinajstić information content (AvgIpc) is 2.39. The molecule has 4 heteroatoms. The maximum atomic E-state index is 10.7. The predicted molar refractivity (Wildman–Crippen MR) is 78.3 cm³/mol. The molecule has 2 nitrogen and oxygen atoms in total. The molecule has 1 aliphatic carbocycles. The van der Waals surface area contributed by atoms with E-state index in [1.165, 1.54) is 37.7 Å². The van der Waals surface area contributed by atoms with Crippen LogP contribution in [0, 0.1) is 0 Å². The van der Waals surface area contributed by atoms with Crippen LogP contribution < -0.4 is 0 Å². The molecule has 0 saturated heterocycles. The van der Waals surface area contributed by atoms with E-state index in [4.69, 9.17) is 28.3 Å². The van der Waals surface area contributed by atoms with Crippen molar-refractivity contribution in [3.63, 3.8) is 0 Å². The second-order valence-electron chi connectivity index (χ2n) is 5.20. The minimum atomic E-state index is -0.992. The molecule has 1 atom stereocenters. The molecule has 0 aromatic heterocycles. The highest BCUT2D eigenvalue weighted by Gasteiger charge is 2.19. The van der Waals surface area contributed by atoms with Crippen molar-refractivity contribution in [2.75, 3.05) is 0 Å². The summed E-state index contributed by atoms with van der Waals surface area (Å²) in [6.07, 6.45) is 6.57. The van der Waals surface area contributed by atoms with E-state index in [1.54, 1.807) is 0 Å². The van der Waals surface area contributed by atoms with Crippen molar-refractivity contribution < 1.29 is 9.90 Å². The molecule has 1 fully saturated rings. The first kappa shape index (κ1) is 14.7. The van der Waals surface area contributed by atoms with Crippen LogP contribution in [-0.2, 0) is 11.2 Å². The van der Waals surface area contributed by atoms with E-state index < -0.39 is 11.3 Å². The summed E-state index contributed by atoms with van der Waals surface area (Å²) in [6.45, 7) is 0. The van der Waals surface area contributed by atoms with Crippen molar-refractivity contribution in [2.24, 2.45) is 0 Å². The average molecular weight is 301 g/mol. The first-order chi connectivity index (χ1) is 9.08. The van der Waals surface area contributed by atoms with Gasteiger partial charge in [0.15, 0.2) is 0 Å². The van der Waals surface area contributed by atoms with Gasteiger partial charge in [-0.1, -0.05) is 43.0 Å². The summed E-state index contributed by atoms with van der Waals surface area (Å²) in [6, 6.07) is 5.86. The summed E-state index contributed by atoms with van der Waals surface area (Å²) in [5.41, 5.74) is 2.08. The zero-order chi connectivity index (χ0) is 13.8. The second kappa shape index (κ2) is 6.62. The number of alkyl halides is 1. The van der Waals surface area contributed by atoms with Gasteiger partial charge in [-0.25, -0.2) is 0 Å². The lowest BCUT2D eigenvalue weighted by Crippen LogP contribution is -2.16. The molecule has 104 valence electrons. The Bertz CT molecular complexity index is 453. The van der Waals surface area contributed by atoms with E-state index in [2.05, 4.69) is 0 Å². The Balaban J connectivity index is 2.10. The molecule has 1 aliphatic rings. The van der Waals surface area contributed by atoms with Crippen molar-refractivity contribution in [1.29, 1.82) is 0 Å². The van der Waals surface area contributed by atoms with Gasteiger partial charge in [-0.15, -0.1) is 11.6 Å². The largest absolute Gasteiger partial charge is 0.480 e. The maximum Gasteiger partial charge on any atom is 0.321 e. The Kier molecular flexibility index (Phi) is 5.12. The summed E-state index contributed by atoms with van der Waals surface area (Å²) in [4.78, 5) is 10.7. The molecular weight excluding hydrogens is 283 g/mol. The molecule has 0 aliphatic heterocycles. The number of carboxylic acids is 1. The molecule has 0 radical (unpaired) electrons. The van der Waals surface area contributed by atoms with Crippen LogP contribution >= 0.6 is 23.2 Å². The van der Waals surface area contributed by atoms with E-state index >= 15 is 0 Å². The van der Waals surface area contributed by atoms with E-state index in [9.17, 15) is 4.79 Å². The van der Waals surface area contributed by atoms with Gasteiger partial charge >= 0.3 is 5.97 Å². The second-order valence-corrected chi connectivity index (χ2v) is 6.13. The third kappa shape index (κ3) is 3.87. The zero-order valence-corrected chi connectivity index (χ0v) is 12.3. The molecule has 0 spiro atoms. The zero-order valence-electron chi connectivity index (χ0n) is 10.7. The summed E-state index contributed by atoms with van der Waals surface area (Å²) in [7, 11) is 0. The lowest BCUT2D eigenvalue weighted by Gasteiger charge is -2.23. The van der Waals surface area contributed by atoms with Crippen LogP contribution in [0.4, 0.5) is 0 Å². The minimum absolute atomic E-state index is 0.307. The van der Waals surface area contributed by atoms with Gasteiger partial charge in [-0.2, -0.15) is 0 Å². The van der Waals surface area contributed by atoms with Gasteiger partial charge in [0, 0.05) is 5.02 Å². The van der Waals surface area contributed by atoms with E-state index in [-0.39, 0.29) is 0 Å². The molecule has 0 bridgehead atoms. The summed E-state index contributed by atoms with van der Waals surface area (Å²) in [5, 5.41) is 8.66. The lowest BCUT2D eigenvalue weighted by molar-refractivity contribution is -0.136. The molecule has 0 amide bonds. The van der Waals surface area contributed by atoms with Gasteiger partial charge in [0.05, 0.1) is 0 Å². The molecule has 0 heterocycles. The first-order valence-corrected chi connectivity index (χ1v) is 7.54. The van der Waals surface area contributed by atoms with Crippen LogP contribution in [0.15, 0.2) is 18.2 Å². The Morgan fingerprint density at radius 2 is 2.00 bits per heavy atom. The SMILES string of the molecule is O=C(O)C(Cl)Cc1ccc(C2CCCCC2)c(Cl)c1. The fourth-order valence-corrected chi connectivity index (χ4v) is 3.27. The Hall–Kier alpha value is -0.730. The number of hydrogen-bond donors (Lipinski definition) is 1. The molecule has 1 saturated carbocycles. The first-order valence-electron chi connectivity index (χ1n) is 6.73. The number of hydrogen-bond acceptors (Lipinski definition) is 1. The number of rotatable bonds is 4. The highest BCUT2D eigenvalue weighted by Crippen LogP contribution is 2.36. The Morgan fingerprint density at radius 1 is 1.32 bits per heavy atom. The van der Waals surface area contributed by atoms with Gasteiger partial charge in [-0.05, 0) is 42.4 Å². The third-order valence-corrected chi connectivity index (χ3v) is 4.46. The summed E-state index contributed by atoms with van der Waals surface area (Å²) < 4.78 is 0. The highest BCUT2D eigenvalue weighted by molar-refractivity contribution is 6.31. The van der Waals surface area contributed by atoms with Crippen molar-refractivity contribution in [1.82, 2.24) is 0 Å². The number of carboxylic acid groups (broad SMARTS) is 1. The molecular formula is C15H18Cl2O2. The topological polar surface area (TPSA) is 37.3 Å². The van der Waals surface area contributed by atoms with Crippen LogP contribution in [0.5, 0.6) is 0 Å². The Labute approximate surface area is 123 Å².